The van der Waals surface area contributed by atoms with Crippen molar-refractivity contribution < 1.29 is 19.1 Å². The standard InChI is InChI=1S/C13H14N2O4S/c1-13(2,12(17)18)7-14-10(16)8-6-20-11(15-8)9-4-3-5-19-9/h3-6H,7H2,1-2H3,(H,14,16)(H,17,18). The molecule has 7 heteroatoms. The molecule has 0 spiro atoms. The van der Waals surface area contributed by atoms with E-state index < -0.39 is 17.3 Å². The molecule has 0 fully saturated rings. The summed E-state index contributed by atoms with van der Waals surface area (Å²) in [7, 11) is 0. The van der Waals surface area contributed by atoms with Crippen LogP contribution in [0, 0.1) is 5.41 Å². The van der Waals surface area contributed by atoms with Crippen molar-refractivity contribution in [2.24, 2.45) is 5.41 Å². The molecule has 2 rings (SSSR count). The number of aromatic nitrogens is 1. The molecule has 2 heterocycles. The Morgan fingerprint density at radius 3 is 2.85 bits per heavy atom. The third kappa shape index (κ3) is 3.05. The minimum Gasteiger partial charge on any atom is -0.481 e. The number of furan rings is 1. The summed E-state index contributed by atoms with van der Waals surface area (Å²) in [5.74, 6) is -0.763. The highest BCUT2D eigenvalue weighted by atomic mass is 32.1. The van der Waals surface area contributed by atoms with Gasteiger partial charge in [-0.1, -0.05) is 0 Å². The highest BCUT2D eigenvalue weighted by Crippen LogP contribution is 2.24. The predicted octanol–water partition coefficient (Wildman–Crippen LogP) is 2.24. The topological polar surface area (TPSA) is 92.4 Å². The van der Waals surface area contributed by atoms with E-state index in [-0.39, 0.29) is 12.2 Å². The summed E-state index contributed by atoms with van der Waals surface area (Å²) in [6.07, 6.45) is 1.53. The molecule has 0 aliphatic heterocycles. The monoisotopic (exact) mass is 294 g/mol. The average molecular weight is 294 g/mol. The van der Waals surface area contributed by atoms with Gasteiger partial charge in [0.2, 0.25) is 0 Å². The molecule has 6 nitrogen and oxygen atoms in total. The zero-order valence-corrected chi connectivity index (χ0v) is 11.9. The number of aliphatic carboxylic acids is 1. The lowest BCUT2D eigenvalue weighted by Crippen LogP contribution is -2.39. The van der Waals surface area contributed by atoms with Crippen LogP contribution in [0.2, 0.25) is 0 Å². The van der Waals surface area contributed by atoms with Gasteiger partial charge < -0.3 is 14.8 Å². The summed E-state index contributed by atoms with van der Waals surface area (Å²) in [4.78, 5) is 27.0. The van der Waals surface area contributed by atoms with Crippen LogP contribution in [0.15, 0.2) is 28.2 Å². The Hall–Kier alpha value is -2.15. The molecule has 0 saturated carbocycles. The summed E-state index contributed by atoms with van der Waals surface area (Å²) in [6.45, 7) is 3.13. The lowest BCUT2D eigenvalue weighted by molar-refractivity contribution is -0.146. The summed E-state index contributed by atoms with van der Waals surface area (Å²) >= 11 is 1.29. The average Bonchev–Trinajstić information content (AvgIpc) is 3.05. The lowest BCUT2D eigenvalue weighted by atomic mass is 9.94. The van der Waals surface area contributed by atoms with E-state index in [0.717, 1.165) is 0 Å². The van der Waals surface area contributed by atoms with Gasteiger partial charge in [-0.05, 0) is 26.0 Å². The third-order valence-electron chi connectivity index (χ3n) is 2.74. The minimum absolute atomic E-state index is 0.0365. The Kier molecular flexibility index (Phi) is 3.89. The van der Waals surface area contributed by atoms with Gasteiger partial charge in [-0.3, -0.25) is 9.59 Å². The molecule has 0 atom stereocenters. The van der Waals surface area contributed by atoms with Gasteiger partial charge in [0.1, 0.15) is 5.69 Å². The van der Waals surface area contributed by atoms with Gasteiger partial charge in [-0.25, -0.2) is 4.98 Å². The number of carbonyl (C=O) groups is 2. The molecule has 20 heavy (non-hydrogen) atoms. The van der Waals surface area contributed by atoms with Gasteiger partial charge in [0.05, 0.1) is 11.7 Å². The quantitative estimate of drug-likeness (QED) is 0.882. The van der Waals surface area contributed by atoms with Crippen LogP contribution in [0.1, 0.15) is 24.3 Å². The molecular formula is C13H14N2O4S. The largest absolute Gasteiger partial charge is 0.481 e. The number of hydrogen-bond donors (Lipinski definition) is 2. The van der Waals surface area contributed by atoms with E-state index in [1.54, 1.807) is 31.4 Å². The maximum absolute atomic E-state index is 11.9. The Bertz CT molecular complexity index is 616. The smallest absolute Gasteiger partial charge is 0.310 e. The van der Waals surface area contributed by atoms with Crippen LogP contribution in [0.5, 0.6) is 0 Å². The predicted molar refractivity (Wildman–Crippen MR) is 73.6 cm³/mol. The van der Waals surface area contributed by atoms with Gasteiger partial charge in [-0.15, -0.1) is 11.3 Å². The van der Waals surface area contributed by atoms with Crippen LogP contribution < -0.4 is 5.32 Å². The molecule has 0 bridgehead atoms. The molecule has 0 radical (unpaired) electrons. The zero-order chi connectivity index (χ0) is 14.8. The molecule has 0 aliphatic rings. The molecule has 0 aromatic carbocycles. The van der Waals surface area contributed by atoms with E-state index in [4.69, 9.17) is 9.52 Å². The molecule has 1 amide bonds. The number of thiazole rings is 1. The maximum Gasteiger partial charge on any atom is 0.310 e. The van der Waals surface area contributed by atoms with Crippen molar-refractivity contribution in [1.82, 2.24) is 10.3 Å². The summed E-state index contributed by atoms with van der Waals surface area (Å²) < 4.78 is 5.20. The molecular weight excluding hydrogens is 280 g/mol. The number of nitrogens with one attached hydrogen (secondary N) is 1. The first-order valence-electron chi connectivity index (χ1n) is 5.91. The summed E-state index contributed by atoms with van der Waals surface area (Å²) in [5.41, 5.74) is -0.766. The number of nitrogens with zero attached hydrogens (tertiary/aromatic N) is 1. The van der Waals surface area contributed by atoms with E-state index in [1.165, 1.54) is 17.6 Å². The number of carboxylic acid groups (broad SMARTS) is 1. The molecule has 2 aromatic heterocycles. The van der Waals surface area contributed by atoms with E-state index in [9.17, 15) is 9.59 Å². The Labute approximate surface area is 119 Å². The van der Waals surface area contributed by atoms with Crippen molar-refractivity contribution in [2.75, 3.05) is 6.54 Å². The van der Waals surface area contributed by atoms with E-state index >= 15 is 0 Å². The van der Waals surface area contributed by atoms with E-state index in [2.05, 4.69) is 10.3 Å². The molecule has 2 N–H and O–H groups in total. The van der Waals surface area contributed by atoms with Crippen molar-refractivity contribution in [3.8, 4) is 10.8 Å². The highest BCUT2D eigenvalue weighted by Gasteiger charge is 2.28. The summed E-state index contributed by atoms with van der Waals surface area (Å²) in [5, 5.41) is 13.8. The SMILES string of the molecule is CC(C)(CNC(=O)c1csc(-c2ccco2)n1)C(=O)O. The molecule has 0 saturated heterocycles. The second-order valence-corrected chi connectivity index (χ2v) is 5.75. The zero-order valence-electron chi connectivity index (χ0n) is 11.0. The van der Waals surface area contributed by atoms with Crippen molar-refractivity contribution in [3.05, 3.63) is 29.5 Å². The third-order valence-corrected chi connectivity index (χ3v) is 3.60. The number of amides is 1. The van der Waals surface area contributed by atoms with Gasteiger partial charge >= 0.3 is 5.97 Å². The van der Waals surface area contributed by atoms with Crippen molar-refractivity contribution >= 4 is 23.2 Å². The van der Waals surface area contributed by atoms with Gasteiger partial charge in [0.25, 0.3) is 5.91 Å². The van der Waals surface area contributed by atoms with Crippen molar-refractivity contribution in [3.63, 3.8) is 0 Å². The van der Waals surface area contributed by atoms with Crippen LogP contribution in [0.3, 0.4) is 0 Å². The first-order valence-corrected chi connectivity index (χ1v) is 6.79. The van der Waals surface area contributed by atoms with Gasteiger partial charge in [-0.2, -0.15) is 0 Å². The second-order valence-electron chi connectivity index (χ2n) is 4.89. The molecule has 2 aromatic rings. The maximum atomic E-state index is 11.9. The molecule has 106 valence electrons. The fourth-order valence-electron chi connectivity index (χ4n) is 1.36. The first-order chi connectivity index (χ1) is 9.40. The lowest BCUT2D eigenvalue weighted by Gasteiger charge is -2.18. The number of carbonyl (C=O) groups excluding carboxylic acids is 1. The number of carboxylic acids is 1. The van der Waals surface area contributed by atoms with Crippen LogP contribution in [0.25, 0.3) is 10.8 Å². The summed E-state index contributed by atoms with van der Waals surface area (Å²) in [6, 6.07) is 3.50. The minimum atomic E-state index is -1.02. The van der Waals surface area contributed by atoms with Crippen LogP contribution in [-0.4, -0.2) is 28.5 Å². The van der Waals surface area contributed by atoms with Crippen LogP contribution in [-0.2, 0) is 4.79 Å². The van der Waals surface area contributed by atoms with Crippen LogP contribution in [0.4, 0.5) is 0 Å². The highest BCUT2D eigenvalue weighted by molar-refractivity contribution is 7.13. The molecule has 0 aliphatic carbocycles. The van der Waals surface area contributed by atoms with E-state index in [1.807, 2.05) is 0 Å². The van der Waals surface area contributed by atoms with Gasteiger partial charge in [0.15, 0.2) is 10.8 Å². The first kappa shape index (κ1) is 14.3. The fourth-order valence-corrected chi connectivity index (χ4v) is 2.13. The number of hydrogen-bond acceptors (Lipinski definition) is 5. The van der Waals surface area contributed by atoms with Gasteiger partial charge in [0, 0.05) is 11.9 Å². The fraction of sp³-hybridized carbons (Fsp3) is 0.308. The Morgan fingerprint density at radius 1 is 1.50 bits per heavy atom. The normalized spacial score (nSPS) is 11.3. The van der Waals surface area contributed by atoms with E-state index in [0.29, 0.717) is 10.8 Å². The van der Waals surface area contributed by atoms with Crippen LogP contribution >= 0.6 is 11.3 Å². The second kappa shape index (κ2) is 5.46. The Balaban J connectivity index is 2.02. The number of rotatable bonds is 5. The van der Waals surface area contributed by atoms with Crippen molar-refractivity contribution in [2.45, 2.75) is 13.8 Å². The van der Waals surface area contributed by atoms with Crippen molar-refractivity contribution in [1.29, 1.82) is 0 Å². The molecule has 0 unspecified atom stereocenters. The Morgan fingerprint density at radius 2 is 2.25 bits per heavy atom.